The summed E-state index contributed by atoms with van der Waals surface area (Å²) in [5, 5.41) is 10.2. The maximum absolute atomic E-state index is 12.9. The zero-order valence-electron chi connectivity index (χ0n) is 13.3. The summed E-state index contributed by atoms with van der Waals surface area (Å²) < 4.78 is 25.8. The number of rotatable bonds is 5. The van der Waals surface area contributed by atoms with Gasteiger partial charge in [0, 0.05) is 32.7 Å². The van der Waals surface area contributed by atoms with Crippen LogP contribution >= 0.6 is 0 Å². The molecule has 128 valence electrons. The van der Waals surface area contributed by atoms with E-state index < -0.39 is 11.9 Å². The third-order valence-electron chi connectivity index (χ3n) is 4.24. The molecule has 0 aliphatic carbocycles. The Balaban J connectivity index is 1.45. The second-order valence-corrected chi connectivity index (χ2v) is 5.89. The molecule has 1 aromatic carbocycles. The molecule has 1 aromatic heterocycles. The van der Waals surface area contributed by atoms with Gasteiger partial charge < -0.3 is 10.0 Å². The van der Waals surface area contributed by atoms with Crippen molar-refractivity contribution in [1.82, 2.24) is 14.9 Å². The minimum Gasteiger partial charge on any atom is -0.388 e. The lowest BCUT2D eigenvalue weighted by Gasteiger charge is -2.35. The van der Waals surface area contributed by atoms with E-state index >= 15 is 0 Å². The van der Waals surface area contributed by atoms with Crippen molar-refractivity contribution in [2.24, 2.45) is 0 Å². The van der Waals surface area contributed by atoms with Crippen LogP contribution in [0.1, 0.15) is 18.1 Å². The summed E-state index contributed by atoms with van der Waals surface area (Å²) in [4.78, 5) is 12.3. The Labute approximate surface area is 139 Å². The van der Waals surface area contributed by atoms with Gasteiger partial charge in [-0.1, -0.05) is 12.1 Å². The Morgan fingerprint density at radius 1 is 0.958 bits per heavy atom. The summed E-state index contributed by atoms with van der Waals surface area (Å²) in [6.45, 7) is 3.95. The van der Waals surface area contributed by atoms with Crippen molar-refractivity contribution in [1.29, 1.82) is 0 Å². The van der Waals surface area contributed by atoms with Gasteiger partial charge in [-0.25, -0.2) is 18.7 Å². The number of anilines is 1. The highest BCUT2D eigenvalue weighted by molar-refractivity contribution is 5.29. The monoisotopic (exact) mass is 334 g/mol. The van der Waals surface area contributed by atoms with E-state index in [1.807, 2.05) is 4.90 Å². The van der Waals surface area contributed by atoms with E-state index in [4.69, 9.17) is 0 Å². The van der Waals surface area contributed by atoms with E-state index in [0.717, 1.165) is 38.3 Å². The predicted molar refractivity (Wildman–Crippen MR) is 86.6 cm³/mol. The zero-order chi connectivity index (χ0) is 16.9. The quantitative estimate of drug-likeness (QED) is 0.906. The van der Waals surface area contributed by atoms with E-state index in [9.17, 15) is 13.9 Å². The van der Waals surface area contributed by atoms with Gasteiger partial charge in [-0.05, 0) is 24.1 Å². The number of aliphatic hydroxyl groups is 1. The Morgan fingerprint density at radius 2 is 1.58 bits per heavy atom. The third-order valence-corrected chi connectivity index (χ3v) is 4.24. The van der Waals surface area contributed by atoms with Crippen molar-refractivity contribution in [3.05, 3.63) is 53.9 Å². The fraction of sp³-hybridized carbons (Fsp3) is 0.412. The highest BCUT2D eigenvalue weighted by Crippen LogP contribution is 2.18. The summed E-state index contributed by atoms with van der Waals surface area (Å²) in [6, 6.07) is 5.95. The maximum atomic E-state index is 12.9. The summed E-state index contributed by atoms with van der Waals surface area (Å²) in [6.07, 6.45) is 2.35. The highest BCUT2D eigenvalue weighted by Gasteiger charge is 2.19. The van der Waals surface area contributed by atoms with Crippen LogP contribution in [0.3, 0.4) is 0 Å². The van der Waals surface area contributed by atoms with Crippen molar-refractivity contribution in [3.8, 4) is 0 Å². The van der Waals surface area contributed by atoms with Gasteiger partial charge in [0.25, 0.3) is 0 Å². The lowest BCUT2D eigenvalue weighted by molar-refractivity contribution is 0.139. The van der Waals surface area contributed by atoms with Crippen molar-refractivity contribution in [3.63, 3.8) is 0 Å². The average molecular weight is 334 g/mol. The predicted octanol–water partition coefficient (Wildman–Crippen LogP) is 2.00. The Bertz CT molecular complexity index is 643. The largest absolute Gasteiger partial charge is 0.388 e. The number of aromatic nitrogens is 2. The SMILES string of the molecule is OC(CCN1CCN(c2ncc(F)cn2)CC1)c1ccc(F)cc1. The van der Waals surface area contributed by atoms with Gasteiger partial charge in [0.2, 0.25) is 5.95 Å². The number of halogens is 2. The third kappa shape index (κ3) is 4.24. The number of nitrogens with zero attached hydrogens (tertiary/aromatic N) is 4. The van der Waals surface area contributed by atoms with Gasteiger partial charge >= 0.3 is 0 Å². The Morgan fingerprint density at radius 3 is 2.21 bits per heavy atom. The van der Waals surface area contributed by atoms with Crippen LogP contribution in [0, 0.1) is 11.6 Å². The van der Waals surface area contributed by atoms with Crippen molar-refractivity contribution in [2.75, 3.05) is 37.6 Å². The first-order valence-electron chi connectivity index (χ1n) is 8.00. The molecule has 1 fully saturated rings. The molecule has 0 saturated carbocycles. The Kier molecular flexibility index (Phi) is 5.32. The lowest BCUT2D eigenvalue weighted by atomic mass is 10.1. The first kappa shape index (κ1) is 16.7. The van der Waals surface area contributed by atoms with Crippen LogP contribution in [0.15, 0.2) is 36.7 Å². The standard InChI is InChI=1S/C17H20F2N4O/c18-14-3-1-13(2-4-14)16(24)5-6-22-7-9-23(10-8-22)17-20-11-15(19)12-21-17/h1-4,11-12,16,24H,5-10H2. The second-order valence-electron chi connectivity index (χ2n) is 5.89. The lowest BCUT2D eigenvalue weighted by Crippen LogP contribution is -2.47. The van der Waals surface area contributed by atoms with Gasteiger partial charge in [0.1, 0.15) is 5.82 Å². The summed E-state index contributed by atoms with van der Waals surface area (Å²) >= 11 is 0. The molecule has 1 saturated heterocycles. The van der Waals surface area contributed by atoms with Gasteiger partial charge in [-0.2, -0.15) is 0 Å². The molecule has 1 N–H and O–H groups in total. The number of aliphatic hydroxyl groups excluding tert-OH is 1. The minimum absolute atomic E-state index is 0.301. The van der Waals surface area contributed by atoms with E-state index in [1.54, 1.807) is 12.1 Å². The van der Waals surface area contributed by atoms with Crippen LogP contribution in [-0.2, 0) is 0 Å². The molecule has 0 amide bonds. The molecule has 2 heterocycles. The van der Waals surface area contributed by atoms with Crippen LogP contribution in [0.25, 0.3) is 0 Å². The van der Waals surface area contributed by atoms with Gasteiger partial charge in [-0.15, -0.1) is 0 Å². The number of benzene rings is 1. The van der Waals surface area contributed by atoms with E-state index in [-0.39, 0.29) is 5.82 Å². The first-order valence-corrected chi connectivity index (χ1v) is 8.00. The number of hydrogen-bond donors (Lipinski definition) is 1. The fourth-order valence-corrected chi connectivity index (χ4v) is 2.80. The molecular weight excluding hydrogens is 314 g/mol. The fourth-order valence-electron chi connectivity index (χ4n) is 2.80. The van der Waals surface area contributed by atoms with Crippen LogP contribution in [-0.4, -0.2) is 52.7 Å². The van der Waals surface area contributed by atoms with Crippen LogP contribution < -0.4 is 4.90 Å². The molecular formula is C17H20F2N4O. The molecule has 2 aromatic rings. The molecule has 0 spiro atoms. The van der Waals surface area contributed by atoms with Crippen LogP contribution in [0.2, 0.25) is 0 Å². The number of piperazine rings is 1. The molecule has 7 heteroatoms. The van der Waals surface area contributed by atoms with E-state index in [0.29, 0.717) is 12.4 Å². The average Bonchev–Trinajstić information content (AvgIpc) is 2.61. The molecule has 0 radical (unpaired) electrons. The zero-order valence-corrected chi connectivity index (χ0v) is 13.3. The second kappa shape index (κ2) is 7.63. The molecule has 5 nitrogen and oxygen atoms in total. The van der Waals surface area contributed by atoms with Crippen molar-refractivity contribution in [2.45, 2.75) is 12.5 Å². The van der Waals surface area contributed by atoms with Gasteiger partial charge in [0.05, 0.1) is 18.5 Å². The first-order chi connectivity index (χ1) is 11.6. The van der Waals surface area contributed by atoms with Crippen LogP contribution in [0.4, 0.5) is 14.7 Å². The maximum Gasteiger partial charge on any atom is 0.225 e. The summed E-state index contributed by atoms with van der Waals surface area (Å²) in [7, 11) is 0. The number of hydrogen-bond acceptors (Lipinski definition) is 5. The topological polar surface area (TPSA) is 52.5 Å². The minimum atomic E-state index is -0.593. The van der Waals surface area contributed by atoms with E-state index in [1.165, 1.54) is 24.5 Å². The smallest absolute Gasteiger partial charge is 0.225 e. The Hall–Kier alpha value is -2.12. The van der Waals surface area contributed by atoms with Gasteiger partial charge in [-0.3, -0.25) is 4.90 Å². The molecule has 0 bridgehead atoms. The summed E-state index contributed by atoms with van der Waals surface area (Å²) in [5.74, 6) is -0.195. The van der Waals surface area contributed by atoms with Crippen molar-refractivity contribution >= 4 is 5.95 Å². The molecule has 1 atom stereocenters. The molecule has 1 unspecified atom stereocenters. The highest BCUT2D eigenvalue weighted by atomic mass is 19.1. The van der Waals surface area contributed by atoms with Gasteiger partial charge in [0.15, 0.2) is 5.82 Å². The van der Waals surface area contributed by atoms with Crippen molar-refractivity contribution < 1.29 is 13.9 Å². The van der Waals surface area contributed by atoms with Crippen LogP contribution in [0.5, 0.6) is 0 Å². The molecule has 3 rings (SSSR count). The molecule has 1 aliphatic heterocycles. The normalized spacial score (nSPS) is 17.0. The molecule has 24 heavy (non-hydrogen) atoms. The molecule has 1 aliphatic rings. The summed E-state index contributed by atoms with van der Waals surface area (Å²) in [5.41, 5.74) is 0.731. The van der Waals surface area contributed by atoms with E-state index in [2.05, 4.69) is 14.9 Å².